The molecule has 0 atom stereocenters. The quantitative estimate of drug-likeness (QED) is 0.940. The number of nitrogens with zero attached hydrogens (tertiary/aromatic N) is 1. The fourth-order valence-electron chi connectivity index (χ4n) is 1.27. The molecule has 2 aromatic rings. The maximum absolute atomic E-state index is 13.3. The summed E-state index contributed by atoms with van der Waals surface area (Å²) in [6.07, 6.45) is 1.11. The maximum Gasteiger partial charge on any atom is 0.252 e. The second-order valence-electron chi connectivity index (χ2n) is 3.49. The molecule has 0 spiro atoms. The molecule has 4 nitrogen and oxygen atoms in total. The third-order valence-corrected chi connectivity index (χ3v) is 5.17. The van der Waals surface area contributed by atoms with Gasteiger partial charge in [-0.3, -0.25) is 0 Å². The van der Waals surface area contributed by atoms with Gasteiger partial charge in [-0.05, 0) is 6.07 Å². The Morgan fingerprint density at radius 1 is 1.37 bits per heavy atom. The van der Waals surface area contributed by atoms with Crippen LogP contribution in [0.3, 0.4) is 0 Å². The molecule has 1 N–H and O–H groups in total. The summed E-state index contributed by atoms with van der Waals surface area (Å²) < 4.78 is 51.8. The molecule has 0 saturated heterocycles. The Morgan fingerprint density at radius 2 is 2.11 bits per heavy atom. The van der Waals surface area contributed by atoms with E-state index >= 15 is 0 Å². The van der Waals surface area contributed by atoms with Gasteiger partial charge in [-0.1, -0.05) is 29.0 Å². The monoisotopic (exact) mass is 324 g/mol. The summed E-state index contributed by atoms with van der Waals surface area (Å²) in [5.41, 5.74) is 0.0422. The van der Waals surface area contributed by atoms with Gasteiger partial charge in [-0.15, -0.1) is 0 Å². The third-order valence-electron chi connectivity index (χ3n) is 2.19. The number of benzene rings is 1. The van der Waals surface area contributed by atoms with Crippen molar-refractivity contribution in [3.05, 3.63) is 46.1 Å². The van der Waals surface area contributed by atoms with Crippen molar-refractivity contribution in [1.29, 1.82) is 0 Å². The van der Waals surface area contributed by atoms with E-state index in [4.69, 9.17) is 11.6 Å². The highest BCUT2D eigenvalue weighted by Gasteiger charge is 2.18. The third kappa shape index (κ3) is 3.47. The van der Waals surface area contributed by atoms with E-state index < -0.39 is 21.7 Å². The lowest BCUT2D eigenvalue weighted by Gasteiger charge is -2.05. The fraction of sp³-hybridized carbons (Fsp3) is 0.100. The van der Waals surface area contributed by atoms with E-state index in [1.807, 2.05) is 0 Å². The van der Waals surface area contributed by atoms with Crippen molar-refractivity contribution >= 4 is 33.0 Å². The standard InChI is InChI=1S/C10H7ClF2N2O2S2/c11-10-14-5-9(18-10)19(16,17)15-4-6-1-2-7(12)3-8(6)13/h1-3,5,15H,4H2. The number of thiazole rings is 1. The first kappa shape index (κ1) is 14.3. The number of sulfonamides is 1. The molecule has 1 heterocycles. The number of aromatic nitrogens is 1. The predicted molar refractivity (Wildman–Crippen MR) is 67.5 cm³/mol. The summed E-state index contributed by atoms with van der Waals surface area (Å²) >= 11 is 6.33. The average molecular weight is 325 g/mol. The first-order valence-corrected chi connectivity index (χ1v) is 7.61. The zero-order valence-corrected chi connectivity index (χ0v) is 11.6. The summed E-state index contributed by atoms with van der Waals surface area (Å²) in [4.78, 5) is 3.61. The number of nitrogens with one attached hydrogen (secondary N) is 1. The van der Waals surface area contributed by atoms with Crippen molar-refractivity contribution in [1.82, 2.24) is 9.71 Å². The number of hydrogen-bond donors (Lipinski definition) is 1. The SMILES string of the molecule is O=S(=O)(NCc1ccc(F)cc1F)c1cnc(Cl)s1. The fourth-order valence-corrected chi connectivity index (χ4v) is 3.62. The Morgan fingerprint density at radius 3 is 2.68 bits per heavy atom. The van der Waals surface area contributed by atoms with E-state index in [1.165, 1.54) is 6.07 Å². The lowest BCUT2D eigenvalue weighted by Crippen LogP contribution is -2.23. The highest BCUT2D eigenvalue weighted by molar-refractivity contribution is 7.91. The van der Waals surface area contributed by atoms with Crippen LogP contribution in [0.25, 0.3) is 0 Å². The zero-order valence-electron chi connectivity index (χ0n) is 9.23. The van der Waals surface area contributed by atoms with Crippen LogP contribution >= 0.6 is 22.9 Å². The van der Waals surface area contributed by atoms with Gasteiger partial charge < -0.3 is 0 Å². The van der Waals surface area contributed by atoms with Gasteiger partial charge >= 0.3 is 0 Å². The molecule has 102 valence electrons. The van der Waals surface area contributed by atoms with E-state index in [2.05, 4.69) is 9.71 Å². The van der Waals surface area contributed by atoms with Crippen LogP contribution in [0.4, 0.5) is 8.78 Å². The lowest BCUT2D eigenvalue weighted by atomic mass is 10.2. The van der Waals surface area contributed by atoms with Gasteiger partial charge in [0.2, 0.25) is 0 Å². The van der Waals surface area contributed by atoms with Gasteiger partial charge in [0, 0.05) is 18.2 Å². The molecule has 1 aromatic carbocycles. The second kappa shape index (κ2) is 5.49. The number of hydrogen-bond acceptors (Lipinski definition) is 4. The van der Waals surface area contributed by atoms with Crippen LogP contribution in [0.15, 0.2) is 28.6 Å². The lowest BCUT2D eigenvalue weighted by molar-refractivity contribution is 0.563. The van der Waals surface area contributed by atoms with E-state index in [-0.39, 0.29) is 20.8 Å². The smallest absolute Gasteiger partial charge is 0.232 e. The molecule has 0 radical (unpaired) electrons. The predicted octanol–water partition coefficient (Wildman–Crippen LogP) is 2.55. The molecule has 1 aromatic heterocycles. The summed E-state index contributed by atoms with van der Waals surface area (Å²) in [6, 6.07) is 2.91. The molecule has 0 saturated carbocycles. The van der Waals surface area contributed by atoms with E-state index in [9.17, 15) is 17.2 Å². The van der Waals surface area contributed by atoms with Crippen molar-refractivity contribution in [3.8, 4) is 0 Å². The van der Waals surface area contributed by atoms with Crippen LogP contribution in [0.5, 0.6) is 0 Å². The molecule has 0 unspecified atom stereocenters. The van der Waals surface area contributed by atoms with Crippen LogP contribution in [-0.4, -0.2) is 13.4 Å². The topological polar surface area (TPSA) is 59.1 Å². The molecule has 19 heavy (non-hydrogen) atoms. The van der Waals surface area contributed by atoms with E-state index in [0.29, 0.717) is 6.07 Å². The first-order valence-electron chi connectivity index (χ1n) is 4.93. The van der Waals surface area contributed by atoms with Gasteiger partial charge in [0.25, 0.3) is 10.0 Å². The summed E-state index contributed by atoms with van der Waals surface area (Å²) in [5, 5.41) is 0. The molecule has 9 heteroatoms. The Kier molecular flexibility index (Phi) is 4.14. The molecule has 0 fully saturated rings. The highest BCUT2D eigenvalue weighted by atomic mass is 35.5. The van der Waals surface area contributed by atoms with Gasteiger partial charge in [0.1, 0.15) is 11.6 Å². The minimum absolute atomic E-state index is 0.0422. The van der Waals surface area contributed by atoms with Crippen LogP contribution in [0, 0.1) is 11.6 Å². The maximum atomic E-state index is 13.3. The van der Waals surface area contributed by atoms with Crippen LogP contribution in [0.2, 0.25) is 4.47 Å². The largest absolute Gasteiger partial charge is 0.252 e. The van der Waals surface area contributed by atoms with Crippen molar-refractivity contribution in [2.24, 2.45) is 0 Å². The molecular weight excluding hydrogens is 318 g/mol. The molecule has 2 rings (SSSR count). The zero-order chi connectivity index (χ0) is 14.0. The van der Waals surface area contributed by atoms with E-state index in [1.54, 1.807) is 0 Å². The Hall–Kier alpha value is -1.09. The Labute approximate surface area is 117 Å². The summed E-state index contributed by atoms with van der Waals surface area (Å²) in [7, 11) is -3.80. The molecular formula is C10H7ClF2N2O2S2. The summed E-state index contributed by atoms with van der Waals surface area (Å²) in [6.45, 7) is -0.288. The minimum atomic E-state index is -3.80. The van der Waals surface area contributed by atoms with Crippen molar-refractivity contribution in [2.45, 2.75) is 10.8 Å². The number of rotatable bonds is 4. The van der Waals surface area contributed by atoms with Crippen LogP contribution in [0.1, 0.15) is 5.56 Å². The molecule has 0 amide bonds. The molecule has 0 aliphatic carbocycles. The minimum Gasteiger partial charge on any atom is -0.232 e. The van der Waals surface area contributed by atoms with Gasteiger partial charge in [-0.2, -0.15) is 0 Å². The Balaban J connectivity index is 2.14. The van der Waals surface area contributed by atoms with Crippen LogP contribution < -0.4 is 4.72 Å². The summed E-state index contributed by atoms with van der Waals surface area (Å²) in [5.74, 6) is -1.54. The van der Waals surface area contributed by atoms with Gasteiger partial charge in [0.05, 0.1) is 6.20 Å². The average Bonchev–Trinajstić information content (AvgIpc) is 2.75. The molecule has 0 aliphatic heterocycles. The second-order valence-corrected chi connectivity index (χ2v) is 7.10. The van der Waals surface area contributed by atoms with Crippen LogP contribution in [-0.2, 0) is 16.6 Å². The normalized spacial score (nSPS) is 11.7. The molecule has 0 bridgehead atoms. The van der Waals surface area contributed by atoms with Crippen molar-refractivity contribution < 1.29 is 17.2 Å². The molecule has 0 aliphatic rings. The first-order chi connectivity index (χ1) is 8.88. The van der Waals surface area contributed by atoms with Crippen molar-refractivity contribution in [2.75, 3.05) is 0 Å². The van der Waals surface area contributed by atoms with E-state index in [0.717, 1.165) is 23.6 Å². The number of halogens is 3. The Bertz CT molecular complexity index is 703. The highest BCUT2D eigenvalue weighted by Crippen LogP contribution is 2.22. The van der Waals surface area contributed by atoms with Crippen molar-refractivity contribution in [3.63, 3.8) is 0 Å². The van der Waals surface area contributed by atoms with Gasteiger partial charge in [-0.25, -0.2) is 26.9 Å². The van der Waals surface area contributed by atoms with Gasteiger partial charge in [0.15, 0.2) is 8.68 Å².